The summed E-state index contributed by atoms with van der Waals surface area (Å²) in [5.74, 6) is 0. The van der Waals surface area contributed by atoms with Crippen LogP contribution in [0.1, 0.15) is 0 Å². The maximum atomic E-state index is 2.40. The Morgan fingerprint density at radius 3 is 1.23 bits per heavy atom. The summed E-state index contributed by atoms with van der Waals surface area (Å²) in [6.07, 6.45) is 0. The third-order valence-corrected chi connectivity index (χ3v) is 10.2. The van der Waals surface area contributed by atoms with Crippen molar-refractivity contribution in [2.75, 3.05) is 0 Å². The van der Waals surface area contributed by atoms with E-state index in [1.807, 2.05) is 0 Å². The van der Waals surface area contributed by atoms with E-state index in [0.29, 0.717) is 0 Å². The van der Waals surface area contributed by atoms with E-state index in [0.717, 1.165) is 0 Å². The predicted molar refractivity (Wildman–Crippen MR) is 208 cm³/mol. The Hall–Kier alpha value is -6.24. The fraction of sp³-hybridized carbons (Fsp3) is 0. The predicted octanol–water partition coefficient (Wildman–Crippen LogP) is 13.6. The van der Waals surface area contributed by atoms with Crippen LogP contribution in [0.2, 0.25) is 0 Å². The lowest BCUT2D eigenvalue weighted by molar-refractivity contribution is 1.64. The first-order valence-electron chi connectivity index (χ1n) is 16.7. The Morgan fingerprint density at radius 2 is 0.604 bits per heavy atom. The van der Waals surface area contributed by atoms with E-state index in [4.69, 9.17) is 0 Å². The van der Waals surface area contributed by atoms with Crippen molar-refractivity contribution in [2.24, 2.45) is 0 Å². The molecule has 0 aliphatic rings. The maximum absolute atomic E-state index is 2.40. The molecule has 0 amide bonds. The van der Waals surface area contributed by atoms with Gasteiger partial charge in [-0.15, -0.1) is 0 Å². The molecule has 0 bridgehead atoms. The minimum absolute atomic E-state index is 1.23. The highest BCUT2D eigenvalue weighted by molar-refractivity contribution is 6.22. The van der Waals surface area contributed by atoms with E-state index in [9.17, 15) is 0 Å². The Bertz CT molecular complexity index is 2820. The SMILES string of the molecule is c1ccc2c(c1)ccc1ccc(-c3c4ccccc4c(-c4ccc(-c5cc6ccccc6c6ccccc56)cc4)c4ccccc34)cc12. The van der Waals surface area contributed by atoms with Gasteiger partial charge in [0.05, 0.1) is 0 Å². The van der Waals surface area contributed by atoms with E-state index in [1.165, 1.54) is 98.0 Å². The third-order valence-electron chi connectivity index (χ3n) is 10.2. The Labute approximate surface area is 279 Å². The van der Waals surface area contributed by atoms with Crippen molar-refractivity contribution in [1.29, 1.82) is 0 Å². The molecule has 0 spiro atoms. The summed E-state index contributed by atoms with van der Waals surface area (Å²) in [5.41, 5.74) is 7.55. The van der Waals surface area contributed by atoms with Gasteiger partial charge in [-0.3, -0.25) is 0 Å². The van der Waals surface area contributed by atoms with Crippen molar-refractivity contribution in [3.8, 4) is 33.4 Å². The van der Waals surface area contributed by atoms with Gasteiger partial charge in [-0.1, -0.05) is 170 Å². The van der Waals surface area contributed by atoms with E-state index < -0.39 is 0 Å². The lowest BCUT2D eigenvalue weighted by Crippen LogP contribution is -1.91. The fourth-order valence-corrected chi connectivity index (χ4v) is 8.02. The van der Waals surface area contributed by atoms with Crippen LogP contribution >= 0.6 is 0 Å². The molecule has 0 fully saturated rings. The second kappa shape index (κ2) is 10.7. The first kappa shape index (κ1) is 26.9. The molecule has 0 N–H and O–H groups in total. The largest absolute Gasteiger partial charge is 0.0616 e. The average Bonchev–Trinajstić information content (AvgIpc) is 3.16. The van der Waals surface area contributed by atoms with Crippen molar-refractivity contribution >= 4 is 64.6 Å². The molecular formula is C48H30. The van der Waals surface area contributed by atoms with Crippen LogP contribution in [0, 0.1) is 0 Å². The Morgan fingerprint density at radius 1 is 0.208 bits per heavy atom. The summed E-state index contributed by atoms with van der Waals surface area (Å²) in [6, 6.07) is 67.1. The second-order valence-corrected chi connectivity index (χ2v) is 12.8. The van der Waals surface area contributed by atoms with Crippen LogP contribution in [0.25, 0.3) is 98.0 Å². The standard InChI is InChI=1S/C48H30/c1-3-13-37-31(11-1)21-22-32-25-28-36(30-45(32)37)48-43-19-9-7-17-41(43)47(42-18-8-10-20-44(42)48)34-26-23-33(24-27-34)46-29-35-12-2-4-14-38(35)39-15-5-6-16-40(39)46/h1-30H. The fourth-order valence-electron chi connectivity index (χ4n) is 8.02. The number of hydrogen-bond acceptors (Lipinski definition) is 0. The molecule has 0 heterocycles. The van der Waals surface area contributed by atoms with Crippen molar-refractivity contribution < 1.29 is 0 Å². The van der Waals surface area contributed by atoms with Crippen molar-refractivity contribution in [1.82, 2.24) is 0 Å². The monoisotopic (exact) mass is 606 g/mol. The van der Waals surface area contributed by atoms with Gasteiger partial charge in [0, 0.05) is 0 Å². The van der Waals surface area contributed by atoms with Crippen LogP contribution in [0.15, 0.2) is 182 Å². The lowest BCUT2D eigenvalue weighted by Gasteiger charge is -2.18. The van der Waals surface area contributed by atoms with Gasteiger partial charge >= 0.3 is 0 Å². The van der Waals surface area contributed by atoms with Gasteiger partial charge in [-0.05, 0) is 110 Å². The molecule has 0 atom stereocenters. The summed E-state index contributed by atoms with van der Waals surface area (Å²) in [6.45, 7) is 0. The number of rotatable bonds is 3. The molecule has 0 heteroatoms. The van der Waals surface area contributed by atoms with Gasteiger partial charge < -0.3 is 0 Å². The summed E-state index contributed by atoms with van der Waals surface area (Å²) in [7, 11) is 0. The van der Waals surface area contributed by atoms with Crippen molar-refractivity contribution in [2.45, 2.75) is 0 Å². The average molecular weight is 607 g/mol. The molecule has 0 aliphatic heterocycles. The summed E-state index contributed by atoms with van der Waals surface area (Å²) >= 11 is 0. The second-order valence-electron chi connectivity index (χ2n) is 12.8. The Kier molecular flexibility index (Phi) is 5.98. The van der Waals surface area contributed by atoms with Crippen molar-refractivity contribution in [3.05, 3.63) is 182 Å². The molecule has 0 nitrogen and oxygen atoms in total. The normalized spacial score (nSPS) is 11.8. The summed E-state index contributed by atoms with van der Waals surface area (Å²) in [5, 5.41) is 15.4. The first-order valence-corrected chi connectivity index (χ1v) is 16.7. The van der Waals surface area contributed by atoms with Gasteiger partial charge in [-0.25, -0.2) is 0 Å². The molecule has 222 valence electrons. The Balaban J connectivity index is 1.19. The van der Waals surface area contributed by atoms with Crippen molar-refractivity contribution in [3.63, 3.8) is 0 Å². The molecule has 10 aromatic rings. The van der Waals surface area contributed by atoms with E-state index in [1.54, 1.807) is 0 Å². The van der Waals surface area contributed by atoms with E-state index >= 15 is 0 Å². The highest BCUT2D eigenvalue weighted by atomic mass is 14.2. The molecule has 0 saturated heterocycles. The maximum Gasteiger partial charge on any atom is -0.00261 e. The number of hydrogen-bond donors (Lipinski definition) is 0. The minimum Gasteiger partial charge on any atom is -0.0616 e. The molecule has 48 heavy (non-hydrogen) atoms. The molecule has 0 aromatic heterocycles. The number of benzene rings is 10. The van der Waals surface area contributed by atoms with Crippen LogP contribution in [0.5, 0.6) is 0 Å². The van der Waals surface area contributed by atoms with Gasteiger partial charge in [0.15, 0.2) is 0 Å². The van der Waals surface area contributed by atoms with Crippen LogP contribution in [-0.2, 0) is 0 Å². The van der Waals surface area contributed by atoms with Crippen LogP contribution < -0.4 is 0 Å². The lowest BCUT2D eigenvalue weighted by atomic mass is 9.85. The molecule has 0 saturated carbocycles. The van der Waals surface area contributed by atoms with E-state index in [2.05, 4.69) is 182 Å². The quantitative estimate of drug-likeness (QED) is 0.139. The zero-order valence-electron chi connectivity index (χ0n) is 26.3. The molecule has 10 rings (SSSR count). The highest BCUT2D eigenvalue weighted by Crippen LogP contribution is 2.45. The van der Waals surface area contributed by atoms with Crippen LogP contribution in [-0.4, -0.2) is 0 Å². The third kappa shape index (κ3) is 4.10. The van der Waals surface area contributed by atoms with Gasteiger partial charge in [0.2, 0.25) is 0 Å². The first-order chi connectivity index (χ1) is 23.8. The molecule has 10 aromatic carbocycles. The van der Waals surface area contributed by atoms with Crippen LogP contribution in [0.4, 0.5) is 0 Å². The minimum atomic E-state index is 1.23. The van der Waals surface area contributed by atoms with Gasteiger partial charge in [0.1, 0.15) is 0 Å². The molecule has 0 aliphatic carbocycles. The summed E-state index contributed by atoms with van der Waals surface area (Å²) in [4.78, 5) is 0. The number of fused-ring (bicyclic) bond motifs is 8. The van der Waals surface area contributed by atoms with Gasteiger partial charge in [-0.2, -0.15) is 0 Å². The smallest absolute Gasteiger partial charge is 0.00261 e. The zero-order valence-corrected chi connectivity index (χ0v) is 26.3. The summed E-state index contributed by atoms with van der Waals surface area (Å²) < 4.78 is 0. The molecular weight excluding hydrogens is 577 g/mol. The topological polar surface area (TPSA) is 0 Å². The molecule has 0 radical (unpaired) electrons. The highest BCUT2D eigenvalue weighted by Gasteiger charge is 2.17. The zero-order chi connectivity index (χ0) is 31.6. The van der Waals surface area contributed by atoms with Crippen LogP contribution in [0.3, 0.4) is 0 Å². The molecule has 0 unspecified atom stereocenters. The van der Waals surface area contributed by atoms with Gasteiger partial charge in [0.25, 0.3) is 0 Å². The van der Waals surface area contributed by atoms with E-state index in [-0.39, 0.29) is 0 Å².